The molecule has 2 rings (SSSR count). The molecule has 0 saturated heterocycles. The number of ether oxygens (including phenoxy) is 1. The zero-order chi connectivity index (χ0) is 14.2. The summed E-state index contributed by atoms with van der Waals surface area (Å²) in [5.41, 5.74) is 1.21. The Kier molecular flexibility index (Phi) is 8.91. The van der Waals surface area contributed by atoms with Crippen LogP contribution in [0.1, 0.15) is 24.4 Å². The van der Waals surface area contributed by atoms with Crippen molar-refractivity contribution in [3.8, 4) is 5.75 Å². The summed E-state index contributed by atoms with van der Waals surface area (Å²) in [5.74, 6) is 3.02. The summed E-state index contributed by atoms with van der Waals surface area (Å²) in [5, 5.41) is 6.86. The Balaban J connectivity index is 0.00000220. The molecule has 1 aliphatic heterocycles. The lowest BCUT2D eigenvalue weighted by molar-refractivity contribution is 0.261. The molecule has 0 saturated carbocycles. The van der Waals surface area contributed by atoms with E-state index in [1.807, 2.05) is 30.9 Å². The number of halogens is 1. The average Bonchev–Trinajstić information content (AvgIpc) is 2.50. The van der Waals surface area contributed by atoms with Crippen LogP contribution in [0.5, 0.6) is 5.75 Å². The van der Waals surface area contributed by atoms with Gasteiger partial charge in [0.15, 0.2) is 5.96 Å². The van der Waals surface area contributed by atoms with Gasteiger partial charge in [0.05, 0.1) is 12.6 Å². The number of nitrogens with one attached hydrogen (secondary N) is 2. The van der Waals surface area contributed by atoms with Gasteiger partial charge in [-0.1, -0.05) is 18.2 Å². The van der Waals surface area contributed by atoms with Crippen LogP contribution in [0, 0.1) is 0 Å². The Bertz CT molecular complexity index is 456. The number of thioether (sulfide) groups is 1. The van der Waals surface area contributed by atoms with Gasteiger partial charge in [0.2, 0.25) is 0 Å². The van der Waals surface area contributed by atoms with Gasteiger partial charge in [-0.15, -0.1) is 24.0 Å². The number of guanidine groups is 1. The lowest BCUT2D eigenvalue weighted by Gasteiger charge is -2.28. The number of fused-ring (bicyclic) bond motifs is 1. The second-order valence-electron chi connectivity index (χ2n) is 4.72. The maximum atomic E-state index is 5.68. The third-order valence-electron chi connectivity index (χ3n) is 3.31. The van der Waals surface area contributed by atoms with E-state index in [0.29, 0.717) is 0 Å². The van der Waals surface area contributed by atoms with E-state index in [2.05, 4.69) is 34.0 Å². The molecule has 6 heteroatoms. The predicted octanol–water partition coefficient (Wildman–Crippen LogP) is 3.05. The smallest absolute Gasteiger partial charge is 0.191 e. The quantitative estimate of drug-likeness (QED) is 0.332. The van der Waals surface area contributed by atoms with Gasteiger partial charge < -0.3 is 15.4 Å². The fourth-order valence-corrected chi connectivity index (χ4v) is 2.71. The monoisotopic (exact) mass is 421 g/mol. The second-order valence-corrected chi connectivity index (χ2v) is 5.70. The minimum absolute atomic E-state index is 0. The highest BCUT2D eigenvalue weighted by Crippen LogP contribution is 2.31. The van der Waals surface area contributed by atoms with Crippen molar-refractivity contribution in [3.63, 3.8) is 0 Å². The number of hydrogen-bond acceptors (Lipinski definition) is 3. The van der Waals surface area contributed by atoms with Gasteiger partial charge in [-0.25, -0.2) is 0 Å². The number of benzene rings is 1. The molecule has 0 aliphatic carbocycles. The molecule has 0 radical (unpaired) electrons. The van der Waals surface area contributed by atoms with Crippen molar-refractivity contribution in [2.24, 2.45) is 4.99 Å². The van der Waals surface area contributed by atoms with Crippen LogP contribution in [-0.2, 0) is 0 Å². The molecule has 1 aliphatic rings. The van der Waals surface area contributed by atoms with E-state index in [1.54, 1.807) is 0 Å². The van der Waals surface area contributed by atoms with E-state index in [-0.39, 0.29) is 30.0 Å². The molecule has 1 aromatic carbocycles. The lowest BCUT2D eigenvalue weighted by Crippen LogP contribution is -2.41. The van der Waals surface area contributed by atoms with E-state index in [4.69, 9.17) is 4.74 Å². The summed E-state index contributed by atoms with van der Waals surface area (Å²) in [7, 11) is 1.81. The molecular formula is C15H24IN3OS. The van der Waals surface area contributed by atoms with Crippen LogP contribution in [0.15, 0.2) is 29.3 Å². The number of hydrogen-bond donors (Lipinski definition) is 2. The molecule has 0 spiro atoms. The molecule has 21 heavy (non-hydrogen) atoms. The molecule has 1 atom stereocenters. The molecule has 1 unspecified atom stereocenters. The summed E-state index contributed by atoms with van der Waals surface area (Å²) in [4.78, 5) is 4.30. The highest BCUT2D eigenvalue weighted by molar-refractivity contribution is 14.0. The minimum atomic E-state index is 0. The van der Waals surface area contributed by atoms with Crippen LogP contribution in [0.25, 0.3) is 0 Å². The average molecular weight is 421 g/mol. The van der Waals surface area contributed by atoms with Gasteiger partial charge in [0.1, 0.15) is 5.75 Å². The van der Waals surface area contributed by atoms with Gasteiger partial charge >= 0.3 is 0 Å². The van der Waals surface area contributed by atoms with Crippen molar-refractivity contribution >= 4 is 41.7 Å². The highest BCUT2D eigenvalue weighted by Gasteiger charge is 2.21. The van der Waals surface area contributed by atoms with Crippen LogP contribution < -0.4 is 15.4 Å². The van der Waals surface area contributed by atoms with E-state index in [9.17, 15) is 0 Å². The van der Waals surface area contributed by atoms with Crippen molar-refractivity contribution in [2.75, 3.05) is 32.2 Å². The van der Waals surface area contributed by atoms with E-state index < -0.39 is 0 Å². The van der Waals surface area contributed by atoms with Gasteiger partial charge in [-0.2, -0.15) is 11.8 Å². The SMILES string of the molecule is CN=C(NCCCSC)NC1CCOc2ccccc21.I. The number of aliphatic imine (C=N–C) groups is 1. The second kappa shape index (κ2) is 10.2. The Hall–Kier alpha value is -0.630. The standard InChI is InChI=1S/C15H23N3OS.HI/c1-16-15(17-9-5-11-20-2)18-13-8-10-19-14-7-4-3-6-12(13)14;/h3-4,6-7,13H,5,8-11H2,1-2H3,(H2,16,17,18);1H. The summed E-state index contributed by atoms with van der Waals surface area (Å²) < 4.78 is 5.68. The van der Waals surface area contributed by atoms with E-state index >= 15 is 0 Å². The van der Waals surface area contributed by atoms with Crippen LogP contribution in [-0.4, -0.2) is 38.2 Å². The van der Waals surface area contributed by atoms with Crippen LogP contribution in [0.4, 0.5) is 0 Å². The van der Waals surface area contributed by atoms with Crippen LogP contribution >= 0.6 is 35.7 Å². The number of nitrogens with zero attached hydrogens (tertiary/aromatic N) is 1. The first-order chi connectivity index (χ1) is 9.85. The fraction of sp³-hybridized carbons (Fsp3) is 0.533. The Morgan fingerprint density at radius 1 is 1.43 bits per heavy atom. The first kappa shape index (κ1) is 18.4. The van der Waals surface area contributed by atoms with Gasteiger partial charge in [-0.05, 0) is 24.5 Å². The predicted molar refractivity (Wildman–Crippen MR) is 102 cm³/mol. The van der Waals surface area contributed by atoms with E-state index in [0.717, 1.165) is 37.7 Å². The molecule has 4 nitrogen and oxygen atoms in total. The first-order valence-electron chi connectivity index (χ1n) is 7.03. The Labute approximate surface area is 148 Å². The molecule has 0 bridgehead atoms. The van der Waals surface area contributed by atoms with Crippen molar-refractivity contribution in [1.29, 1.82) is 0 Å². The zero-order valence-corrected chi connectivity index (χ0v) is 15.7. The normalized spacial score (nSPS) is 17.2. The van der Waals surface area contributed by atoms with Crippen molar-refractivity contribution in [2.45, 2.75) is 18.9 Å². The van der Waals surface area contributed by atoms with Gasteiger partial charge in [-0.3, -0.25) is 4.99 Å². The highest BCUT2D eigenvalue weighted by atomic mass is 127. The molecule has 1 heterocycles. The van der Waals surface area contributed by atoms with Crippen molar-refractivity contribution in [3.05, 3.63) is 29.8 Å². The van der Waals surface area contributed by atoms with Gasteiger partial charge in [0.25, 0.3) is 0 Å². The molecular weight excluding hydrogens is 397 g/mol. The zero-order valence-electron chi connectivity index (χ0n) is 12.6. The lowest BCUT2D eigenvalue weighted by atomic mass is 10.0. The summed E-state index contributed by atoms with van der Waals surface area (Å²) in [6, 6.07) is 8.48. The maximum absolute atomic E-state index is 5.68. The van der Waals surface area contributed by atoms with Crippen LogP contribution in [0.3, 0.4) is 0 Å². The molecule has 0 fully saturated rings. The molecule has 1 aromatic rings. The summed E-state index contributed by atoms with van der Waals surface area (Å²) in [6.07, 6.45) is 4.24. The largest absolute Gasteiger partial charge is 0.493 e. The van der Waals surface area contributed by atoms with Crippen molar-refractivity contribution in [1.82, 2.24) is 10.6 Å². The first-order valence-corrected chi connectivity index (χ1v) is 8.42. The third kappa shape index (κ3) is 5.58. The van der Waals surface area contributed by atoms with Gasteiger partial charge in [0, 0.05) is 25.6 Å². The van der Waals surface area contributed by atoms with Crippen LogP contribution in [0.2, 0.25) is 0 Å². The fourth-order valence-electron chi connectivity index (χ4n) is 2.27. The molecule has 118 valence electrons. The Morgan fingerprint density at radius 3 is 3.00 bits per heavy atom. The topological polar surface area (TPSA) is 45.7 Å². The molecule has 0 aromatic heterocycles. The Morgan fingerprint density at radius 2 is 2.24 bits per heavy atom. The molecule has 0 amide bonds. The third-order valence-corrected chi connectivity index (χ3v) is 4.01. The number of rotatable bonds is 5. The maximum Gasteiger partial charge on any atom is 0.191 e. The minimum Gasteiger partial charge on any atom is -0.493 e. The van der Waals surface area contributed by atoms with E-state index in [1.165, 1.54) is 11.3 Å². The number of para-hydroxylation sites is 1. The molecule has 2 N–H and O–H groups in total. The summed E-state index contributed by atoms with van der Waals surface area (Å²) >= 11 is 1.87. The summed E-state index contributed by atoms with van der Waals surface area (Å²) in [6.45, 7) is 1.70. The van der Waals surface area contributed by atoms with Crippen molar-refractivity contribution < 1.29 is 4.74 Å².